The smallest absolute Gasteiger partial charge is 0.379 e. The Morgan fingerprint density at radius 3 is 0.684 bits per heavy atom. The fraction of sp³-hybridized carbons (Fsp3) is 0.447. The van der Waals surface area contributed by atoms with E-state index in [2.05, 4.69) is 129 Å². The number of hydrogen-bond donors (Lipinski definition) is 4. The molecule has 32 heteroatoms. The quantitative estimate of drug-likeness (QED) is 0.0244. The Hall–Kier alpha value is -9.61. The van der Waals surface area contributed by atoms with Gasteiger partial charge in [0, 0.05) is 150 Å². The van der Waals surface area contributed by atoms with Gasteiger partial charge < -0.3 is 51.8 Å². The van der Waals surface area contributed by atoms with Gasteiger partial charge in [0.1, 0.15) is 56.1 Å². The van der Waals surface area contributed by atoms with Crippen molar-refractivity contribution in [2.45, 2.75) is 181 Å². The summed E-state index contributed by atoms with van der Waals surface area (Å²) >= 11 is 3.07. The topological polar surface area (TPSA) is 308 Å². The van der Waals surface area contributed by atoms with Crippen LogP contribution in [0.25, 0.3) is 0 Å². The van der Waals surface area contributed by atoms with Crippen LogP contribution in [0.1, 0.15) is 214 Å². The zero-order chi connectivity index (χ0) is 82.4. The molecule has 0 radical (unpaired) electrons. The molecule has 4 N–H and O–H groups in total. The second-order valence-corrected chi connectivity index (χ2v) is 29.9. The summed E-state index contributed by atoms with van der Waals surface area (Å²) in [5.74, 6) is 1.46. The number of unbranched alkanes of at least 4 members (excludes halogenated alkanes) is 1. The molecule has 0 spiro atoms. The van der Waals surface area contributed by atoms with Crippen molar-refractivity contribution < 1.29 is 66.0 Å². The maximum Gasteiger partial charge on any atom is 1.00 e. The summed E-state index contributed by atoms with van der Waals surface area (Å²) < 4.78 is 64.5. The van der Waals surface area contributed by atoms with Crippen molar-refractivity contribution in [3.63, 3.8) is 0 Å². The molecule has 0 aromatic carbocycles. The second kappa shape index (κ2) is 46.5. The van der Waals surface area contributed by atoms with Crippen molar-refractivity contribution in [3.05, 3.63) is 245 Å². The molecule has 10 aromatic heterocycles. The average molecular weight is 1670 g/mol. The largest absolute Gasteiger partial charge is 1.00 e. The third-order valence-electron chi connectivity index (χ3n) is 20.0. The predicted octanol–water partition coefficient (Wildman–Crippen LogP) is 11.9. The zero-order valence-electron chi connectivity index (χ0n) is 67.1. The van der Waals surface area contributed by atoms with Gasteiger partial charge in [-0.3, -0.25) is 24.7 Å². The minimum Gasteiger partial charge on any atom is -0.379 e. The number of carbonyl (C=O) groups excluding carboxylic acids is 1. The van der Waals surface area contributed by atoms with Gasteiger partial charge >= 0.3 is 18.9 Å². The van der Waals surface area contributed by atoms with Crippen LogP contribution >= 0.6 is 15.9 Å². The number of halogens is 6. The number of anilines is 5. The van der Waals surface area contributed by atoms with Crippen LogP contribution in [0.3, 0.4) is 0 Å². The molecule has 10 aromatic rings. The van der Waals surface area contributed by atoms with Crippen LogP contribution in [0.2, 0.25) is 0 Å². The van der Waals surface area contributed by atoms with Crippen LogP contribution in [0.15, 0.2) is 158 Å². The van der Waals surface area contributed by atoms with E-state index in [-0.39, 0.29) is 37.9 Å². The molecule has 117 heavy (non-hydrogen) atoms. The summed E-state index contributed by atoms with van der Waals surface area (Å²) in [6.45, 7) is 23.5. The fourth-order valence-electron chi connectivity index (χ4n) is 12.7. The Bertz CT molecular complexity index is 4020. The molecule has 5 aliphatic heterocycles. The molecule has 15 heterocycles. The molecule has 5 aliphatic rings. The molecule has 0 amide bonds. The third-order valence-corrected chi connectivity index (χ3v) is 20.5. The molecular formula is C85H107BrF5LiN20O5. The Morgan fingerprint density at radius 1 is 0.342 bits per heavy atom. The van der Waals surface area contributed by atoms with Crippen LogP contribution in [0.4, 0.5) is 51.7 Å². The van der Waals surface area contributed by atoms with Gasteiger partial charge in [-0.15, -0.1) is 0 Å². The molecule has 5 saturated heterocycles. The van der Waals surface area contributed by atoms with Gasteiger partial charge in [-0.25, -0.2) is 76.8 Å². The minimum absolute atomic E-state index is 0. The van der Waals surface area contributed by atoms with E-state index in [0.717, 1.165) is 160 Å². The summed E-state index contributed by atoms with van der Waals surface area (Å²) in [5.41, 5.74) is -1.24. The van der Waals surface area contributed by atoms with Gasteiger partial charge in [0.15, 0.2) is 5.78 Å². The van der Waals surface area contributed by atoms with E-state index < -0.39 is 45.7 Å². The van der Waals surface area contributed by atoms with E-state index in [4.69, 9.17) is 0 Å². The molecule has 0 aliphatic carbocycles. The number of ketones is 1. The third kappa shape index (κ3) is 28.0. The molecule has 0 bridgehead atoms. The number of piperidine rings is 5. The van der Waals surface area contributed by atoms with E-state index in [0.29, 0.717) is 79.0 Å². The van der Waals surface area contributed by atoms with Gasteiger partial charge in [0.2, 0.25) is 29.7 Å². The SMILES string of the molecule is C.CC(=O)c1cnc(N2CCCCC2)nc1.CC(O)(c1cnc(N2CCCCC2)nc1)c1ccc(F)cn1.CC(O)(c1cnc(N2CCCCC2)nc1)c1ccc(F)cn1.C[C@@](O)(c1cnc(N2CCCCC2)nc1)c1ccc(F)cn1.C[C@](O)(c1cnc(N2CCCCC2)nc1)c1ccc(F)cn1.Fc1ccc(Br)nc1.[CH2-]CCC.[Li+]. The van der Waals surface area contributed by atoms with Crippen molar-refractivity contribution in [1.29, 1.82) is 0 Å². The van der Waals surface area contributed by atoms with E-state index in [9.17, 15) is 47.2 Å². The number of hydrogen-bond acceptors (Lipinski definition) is 25. The van der Waals surface area contributed by atoms with Crippen molar-refractivity contribution >= 4 is 51.5 Å². The Kier molecular flexibility index (Phi) is 37.6. The standard InChI is InChI=1S/4C16H19FN4O.C11H15N3O.C5H3BrFN.C4H9.CH4.Li/c4*1-16(22,14-6-5-13(17)11-18-14)12-9-19-15(20-10-12)21-7-3-2-4-8-21;1-9(15)10-7-12-11(13-8-10)14-5-3-2-4-6-14;6-5-2-1-4(7)3-8-5;1-3-4-2;;/h4*5-6,9-11,22H,2-4,7-8H2,1H3;7-8H,2-6H2,1H3;1-3H;1,3-4H2,2H3;1H4;/q;;;;;;-1;;+1/t2*16-;;;;;;;/m10......./s1. The van der Waals surface area contributed by atoms with Gasteiger partial charge in [-0.2, -0.15) is 6.42 Å². The Morgan fingerprint density at radius 2 is 0.530 bits per heavy atom. The monoisotopic (exact) mass is 1670 g/mol. The maximum absolute atomic E-state index is 13.0. The van der Waals surface area contributed by atoms with Crippen LogP contribution in [0, 0.1) is 36.0 Å². The van der Waals surface area contributed by atoms with Gasteiger partial charge in [0.25, 0.3) is 0 Å². The van der Waals surface area contributed by atoms with Crippen molar-refractivity contribution in [2.75, 3.05) is 89.9 Å². The Balaban J connectivity index is 0.000000195. The molecule has 2 unspecified atom stereocenters. The van der Waals surface area contributed by atoms with E-state index >= 15 is 0 Å². The van der Waals surface area contributed by atoms with Crippen LogP contribution in [-0.4, -0.2) is 166 Å². The second-order valence-electron chi connectivity index (χ2n) is 29.0. The van der Waals surface area contributed by atoms with Gasteiger partial charge in [0.05, 0.1) is 59.3 Å². The maximum atomic E-state index is 13.0. The summed E-state index contributed by atoms with van der Waals surface area (Å²) in [6, 6.07) is 13.9. The molecule has 4 atom stereocenters. The van der Waals surface area contributed by atoms with Gasteiger partial charge in [-0.1, -0.05) is 20.8 Å². The first kappa shape index (κ1) is 94.5. The zero-order valence-corrected chi connectivity index (χ0v) is 68.7. The number of carbonyl (C=O) groups is 1. The summed E-state index contributed by atoms with van der Waals surface area (Å²) in [4.78, 5) is 84.6. The number of nitrogens with zero attached hydrogens (tertiary/aromatic N) is 20. The average Bonchev–Trinajstić information content (AvgIpc) is 0.804. The van der Waals surface area contributed by atoms with Crippen molar-refractivity contribution in [3.8, 4) is 0 Å². The first-order valence-electron chi connectivity index (χ1n) is 39.1. The van der Waals surface area contributed by atoms with E-state index in [1.165, 1.54) is 113 Å². The number of aliphatic hydroxyl groups is 4. The molecule has 620 valence electrons. The van der Waals surface area contributed by atoms with Crippen LogP contribution in [-0.2, 0) is 22.4 Å². The first-order chi connectivity index (χ1) is 55.3. The normalized spacial score (nSPS) is 16.6. The first-order valence-corrected chi connectivity index (χ1v) is 39.9. The van der Waals surface area contributed by atoms with Crippen LogP contribution < -0.4 is 43.4 Å². The fourth-order valence-corrected chi connectivity index (χ4v) is 12.9. The Labute approximate surface area is 703 Å². The van der Waals surface area contributed by atoms with E-state index in [1.807, 2.05) is 0 Å². The molecular weight excluding hydrogens is 1560 g/mol. The van der Waals surface area contributed by atoms with Crippen molar-refractivity contribution in [1.82, 2.24) is 74.8 Å². The molecule has 15 rings (SSSR count). The molecule has 5 fully saturated rings. The van der Waals surface area contributed by atoms with Crippen LogP contribution in [0.5, 0.6) is 0 Å². The van der Waals surface area contributed by atoms with Crippen molar-refractivity contribution in [2.24, 2.45) is 0 Å². The number of rotatable bonds is 15. The predicted molar refractivity (Wildman–Crippen MR) is 441 cm³/mol. The number of pyridine rings is 5. The van der Waals surface area contributed by atoms with Gasteiger partial charge in [-0.05, 0) is 208 Å². The number of aromatic nitrogens is 15. The summed E-state index contributed by atoms with van der Waals surface area (Å²) in [6.07, 6.45) is 41.9. The summed E-state index contributed by atoms with van der Waals surface area (Å²) in [5, 5.41) is 42.7. The molecule has 0 saturated carbocycles. The number of Topliss-reactive ketones (excluding diaryl/α,β-unsaturated/α-hetero) is 1. The molecule has 25 nitrogen and oxygen atoms in total. The van der Waals surface area contributed by atoms with E-state index in [1.54, 1.807) is 95.7 Å². The summed E-state index contributed by atoms with van der Waals surface area (Å²) in [7, 11) is 0. The minimum atomic E-state index is -1.35.